The van der Waals surface area contributed by atoms with E-state index in [0.717, 1.165) is 27.8 Å². The molecule has 0 aliphatic heterocycles. The smallest absolute Gasteiger partial charge is 0.249 e. The highest BCUT2D eigenvalue weighted by Gasteiger charge is 2.09. The standard InChI is InChI=1S/C20H23N3O3/c1-12-5-6-17(9-13(12)2)22-18(24)10-19(25)23-21-11-16-7-14(3)20(26)15(4)8-16/h5-9,11,26H,10H2,1-4H3,(H,22,24)(H,23,25). The van der Waals surface area contributed by atoms with Crippen LogP contribution in [0.4, 0.5) is 5.69 Å². The second-order valence-corrected chi connectivity index (χ2v) is 6.32. The molecule has 2 rings (SSSR count). The van der Waals surface area contributed by atoms with Gasteiger partial charge in [0.2, 0.25) is 11.8 Å². The summed E-state index contributed by atoms with van der Waals surface area (Å²) in [6.07, 6.45) is 1.15. The van der Waals surface area contributed by atoms with Crippen LogP contribution in [-0.2, 0) is 9.59 Å². The predicted molar refractivity (Wildman–Crippen MR) is 102 cm³/mol. The maximum absolute atomic E-state index is 11.9. The van der Waals surface area contributed by atoms with Crippen molar-refractivity contribution in [1.29, 1.82) is 0 Å². The van der Waals surface area contributed by atoms with Crippen molar-refractivity contribution in [2.24, 2.45) is 5.10 Å². The number of nitrogens with one attached hydrogen (secondary N) is 2. The summed E-state index contributed by atoms with van der Waals surface area (Å²) >= 11 is 0. The Hall–Kier alpha value is -3.15. The number of hydrogen-bond donors (Lipinski definition) is 3. The zero-order valence-electron chi connectivity index (χ0n) is 15.4. The number of aromatic hydroxyl groups is 1. The van der Waals surface area contributed by atoms with Crippen molar-refractivity contribution in [2.45, 2.75) is 34.1 Å². The summed E-state index contributed by atoms with van der Waals surface area (Å²) in [4.78, 5) is 23.7. The van der Waals surface area contributed by atoms with Crippen LogP contribution in [0.3, 0.4) is 0 Å². The van der Waals surface area contributed by atoms with Gasteiger partial charge in [-0.2, -0.15) is 5.10 Å². The van der Waals surface area contributed by atoms with E-state index in [4.69, 9.17) is 0 Å². The first-order valence-electron chi connectivity index (χ1n) is 8.25. The van der Waals surface area contributed by atoms with Crippen LogP contribution in [0.5, 0.6) is 5.75 Å². The molecular weight excluding hydrogens is 330 g/mol. The molecule has 26 heavy (non-hydrogen) atoms. The molecule has 0 heterocycles. The first-order chi connectivity index (χ1) is 12.3. The monoisotopic (exact) mass is 353 g/mol. The fourth-order valence-electron chi connectivity index (χ4n) is 2.45. The lowest BCUT2D eigenvalue weighted by molar-refractivity contribution is -0.126. The van der Waals surface area contributed by atoms with Crippen LogP contribution in [0.1, 0.15) is 34.2 Å². The van der Waals surface area contributed by atoms with Gasteiger partial charge in [-0.3, -0.25) is 9.59 Å². The molecule has 0 bridgehead atoms. The van der Waals surface area contributed by atoms with Crippen LogP contribution in [-0.4, -0.2) is 23.1 Å². The average molecular weight is 353 g/mol. The number of aryl methyl sites for hydroxylation is 4. The van der Waals surface area contributed by atoms with Gasteiger partial charge in [-0.15, -0.1) is 0 Å². The van der Waals surface area contributed by atoms with E-state index in [9.17, 15) is 14.7 Å². The van der Waals surface area contributed by atoms with Gasteiger partial charge in [-0.05, 0) is 79.8 Å². The minimum absolute atomic E-state index is 0.245. The predicted octanol–water partition coefficient (Wildman–Crippen LogP) is 3.10. The lowest BCUT2D eigenvalue weighted by Gasteiger charge is -2.07. The Kier molecular flexibility index (Phi) is 6.11. The highest BCUT2D eigenvalue weighted by atomic mass is 16.3. The molecule has 0 aromatic heterocycles. The number of phenols is 1. The van der Waals surface area contributed by atoms with E-state index in [1.54, 1.807) is 32.0 Å². The molecule has 0 atom stereocenters. The van der Waals surface area contributed by atoms with E-state index in [-0.39, 0.29) is 12.2 Å². The Balaban J connectivity index is 1.88. The number of benzene rings is 2. The van der Waals surface area contributed by atoms with Gasteiger partial charge in [0, 0.05) is 5.69 Å². The van der Waals surface area contributed by atoms with Gasteiger partial charge in [0.25, 0.3) is 0 Å². The fraction of sp³-hybridized carbons (Fsp3) is 0.250. The molecule has 6 nitrogen and oxygen atoms in total. The summed E-state index contributed by atoms with van der Waals surface area (Å²) in [7, 11) is 0. The minimum Gasteiger partial charge on any atom is -0.507 e. The topological polar surface area (TPSA) is 90.8 Å². The van der Waals surface area contributed by atoms with Crippen LogP contribution in [0.2, 0.25) is 0 Å². The van der Waals surface area contributed by atoms with Gasteiger partial charge in [0.05, 0.1) is 6.21 Å². The van der Waals surface area contributed by atoms with Gasteiger partial charge in [-0.1, -0.05) is 6.07 Å². The number of phenolic OH excluding ortho intramolecular Hbond substituents is 1. The molecule has 0 fully saturated rings. The lowest BCUT2D eigenvalue weighted by Crippen LogP contribution is -2.24. The molecule has 0 aliphatic rings. The van der Waals surface area contributed by atoms with E-state index in [2.05, 4.69) is 15.8 Å². The Morgan fingerprint density at radius 1 is 0.962 bits per heavy atom. The second-order valence-electron chi connectivity index (χ2n) is 6.32. The van der Waals surface area contributed by atoms with Crippen molar-refractivity contribution in [3.05, 3.63) is 58.1 Å². The number of anilines is 1. The van der Waals surface area contributed by atoms with Gasteiger partial charge in [0.1, 0.15) is 12.2 Å². The van der Waals surface area contributed by atoms with Gasteiger partial charge in [-0.25, -0.2) is 5.43 Å². The number of nitrogens with zero attached hydrogens (tertiary/aromatic N) is 1. The zero-order valence-corrected chi connectivity index (χ0v) is 15.4. The van der Waals surface area contributed by atoms with E-state index in [0.29, 0.717) is 5.69 Å². The molecule has 0 saturated carbocycles. The van der Waals surface area contributed by atoms with Crippen LogP contribution in [0.25, 0.3) is 0 Å². The number of rotatable bonds is 5. The quantitative estimate of drug-likeness (QED) is 0.438. The molecule has 2 aromatic rings. The Labute approximate surface area is 152 Å². The Morgan fingerprint density at radius 3 is 2.23 bits per heavy atom. The first-order valence-corrected chi connectivity index (χ1v) is 8.25. The van der Waals surface area contributed by atoms with Gasteiger partial charge in [0.15, 0.2) is 0 Å². The molecule has 3 N–H and O–H groups in total. The summed E-state index contributed by atoms with van der Waals surface area (Å²) in [5.74, 6) is -0.665. The van der Waals surface area contributed by atoms with Crippen molar-refractivity contribution in [2.75, 3.05) is 5.32 Å². The number of carbonyl (C=O) groups is 2. The van der Waals surface area contributed by atoms with E-state index >= 15 is 0 Å². The van der Waals surface area contributed by atoms with Crippen LogP contribution in [0.15, 0.2) is 35.4 Å². The average Bonchev–Trinajstić information content (AvgIpc) is 2.55. The molecule has 2 amide bonds. The third-order valence-corrected chi connectivity index (χ3v) is 4.03. The SMILES string of the molecule is Cc1ccc(NC(=O)CC(=O)NN=Cc2cc(C)c(O)c(C)c2)cc1C. The molecule has 6 heteroatoms. The number of hydrogen-bond acceptors (Lipinski definition) is 4. The van der Waals surface area contributed by atoms with Gasteiger partial charge >= 0.3 is 0 Å². The zero-order chi connectivity index (χ0) is 19.3. The molecule has 0 spiro atoms. The third kappa shape index (κ3) is 5.17. The molecule has 0 unspecified atom stereocenters. The van der Waals surface area contributed by atoms with Crippen molar-refractivity contribution < 1.29 is 14.7 Å². The van der Waals surface area contributed by atoms with Crippen LogP contribution < -0.4 is 10.7 Å². The van der Waals surface area contributed by atoms with Crippen LogP contribution >= 0.6 is 0 Å². The summed E-state index contributed by atoms with van der Waals surface area (Å²) in [5, 5.41) is 16.3. The molecule has 136 valence electrons. The minimum atomic E-state index is -0.505. The maximum Gasteiger partial charge on any atom is 0.249 e. The summed E-state index contributed by atoms with van der Waals surface area (Å²) < 4.78 is 0. The van der Waals surface area contributed by atoms with Crippen LogP contribution in [0, 0.1) is 27.7 Å². The van der Waals surface area contributed by atoms with Gasteiger partial charge < -0.3 is 10.4 Å². The largest absolute Gasteiger partial charge is 0.507 e. The number of amides is 2. The molecular formula is C20H23N3O3. The lowest BCUT2D eigenvalue weighted by atomic mass is 10.1. The Morgan fingerprint density at radius 2 is 1.62 bits per heavy atom. The summed E-state index contributed by atoms with van der Waals surface area (Å²) in [6.45, 7) is 7.52. The molecule has 2 aromatic carbocycles. The molecule has 0 aliphatic carbocycles. The summed E-state index contributed by atoms with van der Waals surface area (Å²) in [5.41, 5.74) is 7.39. The second kappa shape index (κ2) is 8.29. The van der Waals surface area contributed by atoms with E-state index < -0.39 is 11.8 Å². The highest BCUT2D eigenvalue weighted by molar-refractivity contribution is 6.03. The molecule has 0 radical (unpaired) electrons. The van der Waals surface area contributed by atoms with E-state index in [1.165, 1.54) is 6.21 Å². The van der Waals surface area contributed by atoms with E-state index in [1.807, 2.05) is 26.0 Å². The fourth-order valence-corrected chi connectivity index (χ4v) is 2.45. The number of carbonyl (C=O) groups excluding carboxylic acids is 2. The van der Waals surface area contributed by atoms with Crippen molar-refractivity contribution in [1.82, 2.24) is 5.43 Å². The normalized spacial score (nSPS) is 10.8. The van der Waals surface area contributed by atoms with Crippen molar-refractivity contribution >= 4 is 23.7 Å². The van der Waals surface area contributed by atoms with Crippen molar-refractivity contribution in [3.8, 4) is 5.75 Å². The Bertz CT molecular complexity index is 850. The van der Waals surface area contributed by atoms with Crippen molar-refractivity contribution in [3.63, 3.8) is 0 Å². The highest BCUT2D eigenvalue weighted by Crippen LogP contribution is 2.22. The first kappa shape index (κ1) is 19.2. The maximum atomic E-state index is 11.9. The number of hydrazone groups is 1. The summed E-state index contributed by atoms with van der Waals surface area (Å²) in [6, 6.07) is 9.08. The third-order valence-electron chi connectivity index (χ3n) is 4.03. The molecule has 0 saturated heterocycles.